The molecule has 1 unspecified atom stereocenters. The van der Waals surface area contributed by atoms with Gasteiger partial charge in [-0.3, -0.25) is 14.4 Å². The summed E-state index contributed by atoms with van der Waals surface area (Å²) in [6.45, 7) is 4.79. The van der Waals surface area contributed by atoms with Crippen molar-refractivity contribution >= 4 is 46.5 Å². The van der Waals surface area contributed by atoms with E-state index in [-0.39, 0.29) is 23.3 Å². The Balaban J connectivity index is 1.69. The minimum atomic E-state index is -0.733. The third-order valence-electron chi connectivity index (χ3n) is 6.08. The molecule has 222 valence electrons. The van der Waals surface area contributed by atoms with Gasteiger partial charge in [0.25, 0.3) is 5.91 Å². The molecule has 2 aromatic carbocycles. The number of halogens is 1. The highest BCUT2D eigenvalue weighted by atomic mass is 19.1. The SMILES string of the molecule is CCCNc1nc(Nc2cccc(F)c2)ncc1C(=O)Nc1cccc(NC(=O)C(C)N(C)C(=O)C=CCN(C)C)c1. The van der Waals surface area contributed by atoms with E-state index in [1.807, 2.05) is 25.9 Å². The quantitative estimate of drug-likeness (QED) is 0.221. The Morgan fingerprint density at radius 2 is 1.69 bits per heavy atom. The number of anilines is 5. The second kappa shape index (κ2) is 15.2. The molecule has 0 fully saturated rings. The molecule has 12 heteroatoms. The first-order chi connectivity index (χ1) is 20.1. The molecule has 0 aliphatic heterocycles. The lowest BCUT2D eigenvalue weighted by Gasteiger charge is -2.23. The van der Waals surface area contributed by atoms with E-state index in [1.165, 1.54) is 29.3 Å². The zero-order valence-electron chi connectivity index (χ0n) is 24.4. The van der Waals surface area contributed by atoms with E-state index >= 15 is 0 Å². The average molecular weight is 577 g/mol. The van der Waals surface area contributed by atoms with Crippen LogP contribution in [0.1, 0.15) is 30.6 Å². The molecule has 0 bridgehead atoms. The van der Waals surface area contributed by atoms with Gasteiger partial charge in [-0.15, -0.1) is 0 Å². The van der Waals surface area contributed by atoms with Crippen LogP contribution >= 0.6 is 0 Å². The third-order valence-corrected chi connectivity index (χ3v) is 6.08. The van der Waals surface area contributed by atoms with Crippen LogP contribution in [0.25, 0.3) is 0 Å². The van der Waals surface area contributed by atoms with Crippen molar-refractivity contribution in [2.45, 2.75) is 26.3 Å². The number of nitrogens with zero attached hydrogens (tertiary/aromatic N) is 4. The highest BCUT2D eigenvalue weighted by Gasteiger charge is 2.21. The molecule has 0 saturated heterocycles. The van der Waals surface area contributed by atoms with Crippen LogP contribution in [0.2, 0.25) is 0 Å². The van der Waals surface area contributed by atoms with E-state index in [0.717, 1.165) is 6.42 Å². The molecule has 4 N–H and O–H groups in total. The van der Waals surface area contributed by atoms with Gasteiger partial charge in [0.05, 0.1) is 0 Å². The Hall–Kier alpha value is -4.84. The van der Waals surface area contributed by atoms with Crippen molar-refractivity contribution in [3.63, 3.8) is 0 Å². The molecular weight excluding hydrogens is 539 g/mol. The van der Waals surface area contributed by atoms with Crippen molar-refractivity contribution in [1.29, 1.82) is 0 Å². The zero-order chi connectivity index (χ0) is 30.6. The van der Waals surface area contributed by atoms with Crippen molar-refractivity contribution in [3.8, 4) is 0 Å². The highest BCUT2D eigenvalue weighted by molar-refractivity contribution is 6.08. The fourth-order valence-corrected chi connectivity index (χ4v) is 3.65. The van der Waals surface area contributed by atoms with Gasteiger partial charge in [0, 0.05) is 49.5 Å². The van der Waals surface area contributed by atoms with Crippen molar-refractivity contribution in [3.05, 3.63) is 78.3 Å². The van der Waals surface area contributed by atoms with E-state index < -0.39 is 17.8 Å². The molecule has 0 aliphatic carbocycles. The highest BCUT2D eigenvalue weighted by Crippen LogP contribution is 2.21. The summed E-state index contributed by atoms with van der Waals surface area (Å²) in [6.07, 6.45) is 5.36. The van der Waals surface area contributed by atoms with Crippen molar-refractivity contribution in [1.82, 2.24) is 19.8 Å². The average Bonchev–Trinajstić information content (AvgIpc) is 2.95. The summed E-state index contributed by atoms with van der Waals surface area (Å²) in [5.41, 5.74) is 1.56. The summed E-state index contributed by atoms with van der Waals surface area (Å²) in [6, 6.07) is 11.8. The van der Waals surface area contributed by atoms with Gasteiger partial charge in [-0.05, 0) is 63.8 Å². The molecule has 3 aromatic rings. The number of aromatic nitrogens is 2. The Morgan fingerprint density at radius 1 is 1.00 bits per heavy atom. The lowest BCUT2D eigenvalue weighted by molar-refractivity contribution is -0.132. The van der Waals surface area contributed by atoms with Gasteiger partial charge >= 0.3 is 0 Å². The van der Waals surface area contributed by atoms with Crippen LogP contribution in [0.5, 0.6) is 0 Å². The Morgan fingerprint density at radius 3 is 2.38 bits per heavy atom. The Labute approximate surface area is 245 Å². The predicted molar refractivity (Wildman–Crippen MR) is 163 cm³/mol. The number of amides is 3. The molecule has 11 nitrogen and oxygen atoms in total. The molecule has 3 amide bonds. The van der Waals surface area contributed by atoms with Crippen molar-refractivity contribution < 1.29 is 18.8 Å². The number of likely N-dealkylation sites (N-methyl/N-ethyl adjacent to an activating group) is 2. The fourth-order valence-electron chi connectivity index (χ4n) is 3.65. The van der Waals surface area contributed by atoms with Crippen LogP contribution in [0.4, 0.5) is 33.2 Å². The monoisotopic (exact) mass is 576 g/mol. The predicted octanol–water partition coefficient (Wildman–Crippen LogP) is 4.34. The van der Waals surface area contributed by atoms with Crippen LogP contribution in [-0.2, 0) is 9.59 Å². The summed E-state index contributed by atoms with van der Waals surface area (Å²) in [4.78, 5) is 50.4. The van der Waals surface area contributed by atoms with Crippen LogP contribution in [0.15, 0.2) is 66.9 Å². The largest absolute Gasteiger partial charge is 0.369 e. The third kappa shape index (κ3) is 9.37. The first kappa shape index (κ1) is 31.7. The van der Waals surface area contributed by atoms with Crippen LogP contribution < -0.4 is 21.3 Å². The lowest BCUT2D eigenvalue weighted by atomic mass is 10.2. The summed E-state index contributed by atoms with van der Waals surface area (Å²) in [5.74, 6) is -1.01. The first-order valence-electron chi connectivity index (χ1n) is 13.5. The number of benzene rings is 2. The minimum absolute atomic E-state index is 0.200. The van der Waals surface area contributed by atoms with Gasteiger partial charge in [0.1, 0.15) is 23.2 Å². The van der Waals surface area contributed by atoms with Gasteiger partial charge in [-0.25, -0.2) is 9.37 Å². The molecule has 42 heavy (non-hydrogen) atoms. The topological polar surface area (TPSA) is 132 Å². The molecule has 0 radical (unpaired) electrons. The van der Waals surface area contributed by atoms with Crippen molar-refractivity contribution in [2.75, 3.05) is 55.5 Å². The van der Waals surface area contributed by atoms with E-state index in [2.05, 4.69) is 31.2 Å². The Kier molecular flexibility index (Phi) is 11.5. The molecular formula is C30H37FN8O3. The number of rotatable bonds is 13. The second-order valence-corrected chi connectivity index (χ2v) is 9.83. The minimum Gasteiger partial charge on any atom is -0.369 e. The summed E-state index contributed by atoms with van der Waals surface area (Å²) >= 11 is 0. The number of hydrogen-bond acceptors (Lipinski definition) is 8. The smallest absolute Gasteiger partial charge is 0.260 e. The maximum Gasteiger partial charge on any atom is 0.260 e. The number of carbonyl (C=O) groups excluding carboxylic acids is 3. The lowest BCUT2D eigenvalue weighted by Crippen LogP contribution is -2.42. The molecule has 3 rings (SSSR count). The van der Waals surface area contributed by atoms with Gasteiger partial charge in [-0.2, -0.15) is 4.98 Å². The van der Waals surface area contributed by atoms with Gasteiger partial charge in [0.15, 0.2) is 0 Å². The molecule has 1 aromatic heterocycles. The molecule has 1 atom stereocenters. The normalized spacial score (nSPS) is 11.7. The van der Waals surface area contributed by atoms with Crippen LogP contribution in [0.3, 0.4) is 0 Å². The van der Waals surface area contributed by atoms with Crippen LogP contribution in [0, 0.1) is 5.82 Å². The second-order valence-electron chi connectivity index (χ2n) is 9.83. The van der Waals surface area contributed by atoms with Gasteiger partial charge in [-0.1, -0.05) is 25.1 Å². The summed E-state index contributed by atoms with van der Waals surface area (Å²) in [7, 11) is 5.35. The van der Waals surface area contributed by atoms with Crippen molar-refractivity contribution in [2.24, 2.45) is 0 Å². The summed E-state index contributed by atoms with van der Waals surface area (Å²) < 4.78 is 13.6. The summed E-state index contributed by atoms with van der Waals surface area (Å²) in [5, 5.41) is 11.7. The van der Waals surface area contributed by atoms with E-state index in [4.69, 9.17) is 0 Å². The molecule has 0 spiro atoms. The fraction of sp³-hybridized carbons (Fsp3) is 0.300. The van der Waals surface area contributed by atoms with Gasteiger partial charge in [0.2, 0.25) is 17.8 Å². The maximum atomic E-state index is 13.6. The standard InChI is InChI=1S/C30H37FN8O3/c1-6-15-32-27-25(19-33-30(37-27)36-22-11-7-10-21(31)17-22)29(42)35-24-13-8-12-23(18-24)34-28(41)20(2)39(5)26(40)14-9-16-38(3)4/h7-14,17-20H,6,15-16H2,1-5H3,(H,34,41)(H,35,42)(H2,32,33,36,37). The molecule has 0 saturated carbocycles. The number of nitrogens with one attached hydrogen (secondary N) is 4. The van der Waals surface area contributed by atoms with Gasteiger partial charge < -0.3 is 31.1 Å². The van der Waals surface area contributed by atoms with E-state index in [9.17, 15) is 18.8 Å². The maximum absolute atomic E-state index is 13.6. The number of hydrogen-bond donors (Lipinski definition) is 4. The first-order valence-corrected chi connectivity index (χ1v) is 13.5. The van der Waals surface area contributed by atoms with Crippen LogP contribution in [-0.4, -0.2) is 77.8 Å². The van der Waals surface area contributed by atoms with E-state index in [0.29, 0.717) is 36.0 Å². The molecule has 0 aliphatic rings. The molecule has 1 heterocycles. The Bertz CT molecular complexity index is 1430. The van der Waals surface area contributed by atoms with E-state index in [1.54, 1.807) is 56.4 Å². The number of carbonyl (C=O) groups is 3. The zero-order valence-corrected chi connectivity index (χ0v) is 24.4.